The van der Waals surface area contributed by atoms with E-state index in [2.05, 4.69) is 55.4 Å². The van der Waals surface area contributed by atoms with Crippen molar-refractivity contribution in [2.45, 2.75) is 70.6 Å². The number of amides is 1. The number of benzene rings is 1. The highest BCUT2D eigenvalue weighted by Gasteiger charge is 2.34. The van der Waals surface area contributed by atoms with Crippen molar-refractivity contribution in [3.63, 3.8) is 0 Å². The summed E-state index contributed by atoms with van der Waals surface area (Å²) in [5.41, 5.74) is 8.02. The van der Waals surface area contributed by atoms with Crippen LogP contribution in [0.25, 0.3) is 0 Å². The summed E-state index contributed by atoms with van der Waals surface area (Å²) in [7, 11) is 2.13. The third kappa shape index (κ3) is 5.05. The number of carbonyl (C=O) groups excluding carboxylic acids is 1. The van der Waals surface area contributed by atoms with Crippen molar-refractivity contribution in [3.05, 3.63) is 35.4 Å². The monoisotopic (exact) mass is 317 g/mol. The first-order chi connectivity index (χ1) is 10.9. The van der Waals surface area contributed by atoms with Crippen LogP contribution >= 0.6 is 0 Å². The fourth-order valence-electron chi connectivity index (χ4n) is 3.08. The van der Waals surface area contributed by atoms with Crippen LogP contribution in [-0.2, 0) is 17.9 Å². The van der Waals surface area contributed by atoms with Gasteiger partial charge in [-0.3, -0.25) is 9.69 Å². The lowest BCUT2D eigenvalue weighted by atomic mass is 9.82. The molecule has 23 heavy (non-hydrogen) atoms. The van der Waals surface area contributed by atoms with Crippen LogP contribution in [0.15, 0.2) is 24.3 Å². The lowest BCUT2D eigenvalue weighted by Gasteiger charge is -2.31. The summed E-state index contributed by atoms with van der Waals surface area (Å²) in [6.07, 6.45) is 4.91. The minimum absolute atomic E-state index is 0.00176. The van der Waals surface area contributed by atoms with E-state index in [1.165, 1.54) is 12.0 Å². The van der Waals surface area contributed by atoms with E-state index in [0.29, 0.717) is 12.6 Å². The van der Waals surface area contributed by atoms with E-state index >= 15 is 0 Å². The summed E-state index contributed by atoms with van der Waals surface area (Å²) < 4.78 is 0. The summed E-state index contributed by atoms with van der Waals surface area (Å²) in [4.78, 5) is 14.7. The molecule has 1 aromatic rings. The highest BCUT2D eigenvalue weighted by Crippen LogP contribution is 2.26. The molecule has 2 rings (SSSR count). The standard InChI is InChI=1S/C19H31N3O/c1-15(2)22(3)14-17-9-7-8-16(12-17)13-21-18(23)19(20)10-5-4-6-11-19/h7-9,12,15H,4-6,10-11,13-14,20H2,1-3H3,(H,21,23). The Balaban J connectivity index is 1.91. The second-order valence-electron chi connectivity index (χ2n) is 7.23. The quantitative estimate of drug-likeness (QED) is 0.848. The van der Waals surface area contributed by atoms with Crippen LogP contribution in [0.2, 0.25) is 0 Å². The average Bonchev–Trinajstić information content (AvgIpc) is 2.53. The number of hydrogen-bond donors (Lipinski definition) is 2. The van der Waals surface area contributed by atoms with Gasteiger partial charge >= 0.3 is 0 Å². The van der Waals surface area contributed by atoms with Crippen molar-refractivity contribution in [1.82, 2.24) is 10.2 Å². The van der Waals surface area contributed by atoms with Crippen molar-refractivity contribution in [1.29, 1.82) is 0 Å². The molecule has 128 valence electrons. The first-order valence-electron chi connectivity index (χ1n) is 8.76. The molecule has 0 heterocycles. The van der Waals surface area contributed by atoms with Crippen LogP contribution in [0.1, 0.15) is 57.1 Å². The summed E-state index contributed by atoms with van der Waals surface area (Å²) >= 11 is 0. The van der Waals surface area contributed by atoms with Gasteiger partial charge in [-0.1, -0.05) is 43.5 Å². The molecule has 0 spiro atoms. The zero-order valence-corrected chi connectivity index (χ0v) is 14.8. The fraction of sp³-hybridized carbons (Fsp3) is 0.632. The second-order valence-corrected chi connectivity index (χ2v) is 7.23. The summed E-state index contributed by atoms with van der Waals surface area (Å²) in [6.45, 7) is 5.85. The van der Waals surface area contributed by atoms with Gasteiger partial charge in [-0.15, -0.1) is 0 Å². The van der Waals surface area contributed by atoms with E-state index in [9.17, 15) is 4.79 Å². The molecule has 3 N–H and O–H groups in total. The van der Waals surface area contributed by atoms with E-state index in [-0.39, 0.29) is 5.91 Å². The summed E-state index contributed by atoms with van der Waals surface area (Å²) in [6, 6.07) is 8.94. The minimum atomic E-state index is -0.659. The van der Waals surface area contributed by atoms with Gasteiger partial charge in [-0.25, -0.2) is 0 Å². The van der Waals surface area contributed by atoms with Crippen molar-refractivity contribution in [2.24, 2.45) is 5.73 Å². The van der Waals surface area contributed by atoms with Gasteiger partial charge in [0.25, 0.3) is 0 Å². The molecule has 1 aliphatic rings. The number of hydrogen-bond acceptors (Lipinski definition) is 3. The van der Waals surface area contributed by atoms with E-state index in [1.54, 1.807) is 0 Å². The van der Waals surface area contributed by atoms with Gasteiger partial charge < -0.3 is 11.1 Å². The largest absolute Gasteiger partial charge is 0.350 e. The summed E-state index contributed by atoms with van der Waals surface area (Å²) in [5.74, 6) is 0.00176. The van der Waals surface area contributed by atoms with E-state index in [1.807, 2.05) is 0 Å². The molecule has 0 bridgehead atoms. The zero-order chi connectivity index (χ0) is 16.9. The third-order valence-corrected chi connectivity index (χ3v) is 4.96. The van der Waals surface area contributed by atoms with Crippen molar-refractivity contribution < 1.29 is 4.79 Å². The molecular weight excluding hydrogens is 286 g/mol. The maximum absolute atomic E-state index is 12.4. The minimum Gasteiger partial charge on any atom is -0.350 e. The smallest absolute Gasteiger partial charge is 0.240 e. The first-order valence-corrected chi connectivity index (χ1v) is 8.76. The van der Waals surface area contributed by atoms with Gasteiger partial charge in [0.15, 0.2) is 0 Å². The lowest BCUT2D eigenvalue weighted by Crippen LogP contribution is -2.54. The molecule has 1 amide bonds. The Kier molecular flexibility index (Phi) is 6.19. The highest BCUT2D eigenvalue weighted by molar-refractivity contribution is 5.86. The highest BCUT2D eigenvalue weighted by atomic mass is 16.2. The van der Waals surface area contributed by atoms with Crippen LogP contribution in [0.4, 0.5) is 0 Å². The Hall–Kier alpha value is -1.39. The Morgan fingerprint density at radius 1 is 1.26 bits per heavy atom. The zero-order valence-electron chi connectivity index (χ0n) is 14.8. The van der Waals surface area contributed by atoms with Gasteiger partial charge in [0.2, 0.25) is 5.91 Å². The van der Waals surface area contributed by atoms with Crippen molar-refractivity contribution in [2.75, 3.05) is 7.05 Å². The molecule has 0 saturated heterocycles. The van der Waals surface area contributed by atoms with Crippen LogP contribution in [0.3, 0.4) is 0 Å². The van der Waals surface area contributed by atoms with E-state index in [0.717, 1.165) is 37.8 Å². The Morgan fingerprint density at radius 2 is 1.91 bits per heavy atom. The molecule has 0 aromatic heterocycles. The predicted molar refractivity (Wildman–Crippen MR) is 94.9 cm³/mol. The average molecular weight is 317 g/mol. The SMILES string of the molecule is CC(C)N(C)Cc1cccc(CNC(=O)C2(N)CCCCC2)c1. The summed E-state index contributed by atoms with van der Waals surface area (Å²) in [5, 5.41) is 3.03. The molecule has 4 nitrogen and oxygen atoms in total. The van der Waals surface area contributed by atoms with Crippen LogP contribution in [-0.4, -0.2) is 29.4 Å². The second kappa shape index (κ2) is 7.93. The number of carbonyl (C=O) groups is 1. The van der Waals surface area contributed by atoms with E-state index < -0.39 is 5.54 Å². The molecule has 0 unspecified atom stereocenters. The molecule has 1 aliphatic carbocycles. The van der Waals surface area contributed by atoms with Gasteiger partial charge in [0.1, 0.15) is 0 Å². The topological polar surface area (TPSA) is 58.4 Å². The normalized spacial score (nSPS) is 17.5. The molecule has 1 fully saturated rings. The Morgan fingerprint density at radius 3 is 2.57 bits per heavy atom. The maximum Gasteiger partial charge on any atom is 0.240 e. The van der Waals surface area contributed by atoms with Gasteiger partial charge in [-0.2, -0.15) is 0 Å². The number of nitrogens with zero attached hydrogens (tertiary/aromatic N) is 1. The Labute approximate surface area is 140 Å². The molecule has 0 radical (unpaired) electrons. The maximum atomic E-state index is 12.4. The molecule has 1 aromatic carbocycles. The van der Waals surface area contributed by atoms with Gasteiger partial charge in [0, 0.05) is 19.1 Å². The Bertz CT molecular complexity index is 521. The first kappa shape index (κ1) is 18.0. The molecule has 4 heteroatoms. The number of nitrogens with one attached hydrogen (secondary N) is 1. The number of rotatable bonds is 6. The third-order valence-electron chi connectivity index (χ3n) is 4.96. The number of nitrogens with two attached hydrogens (primary N) is 1. The molecule has 1 saturated carbocycles. The fourth-order valence-corrected chi connectivity index (χ4v) is 3.08. The van der Waals surface area contributed by atoms with Crippen LogP contribution in [0, 0.1) is 0 Å². The van der Waals surface area contributed by atoms with Crippen molar-refractivity contribution >= 4 is 5.91 Å². The molecule has 0 atom stereocenters. The van der Waals surface area contributed by atoms with Crippen LogP contribution < -0.4 is 11.1 Å². The predicted octanol–water partition coefficient (Wildman–Crippen LogP) is 2.80. The molecular formula is C19H31N3O. The lowest BCUT2D eigenvalue weighted by molar-refractivity contribution is -0.127. The van der Waals surface area contributed by atoms with Crippen molar-refractivity contribution in [3.8, 4) is 0 Å². The van der Waals surface area contributed by atoms with Gasteiger partial charge in [0.05, 0.1) is 5.54 Å². The van der Waals surface area contributed by atoms with Gasteiger partial charge in [-0.05, 0) is 44.9 Å². The van der Waals surface area contributed by atoms with Crippen LogP contribution in [0.5, 0.6) is 0 Å². The van der Waals surface area contributed by atoms with E-state index in [4.69, 9.17) is 5.73 Å². The molecule has 0 aliphatic heterocycles.